The normalized spacial score (nSPS) is 21.6. The van der Waals surface area contributed by atoms with Crippen LogP contribution in [-0.2, 0) is 14.6 Å². The Hall–Kier alpha value is -1.79. The Labute approximate surface area is 159 Å². The number of benzene rings is 2. The predicted molar refractivity (Wildman–Crippen MR) is 107 cm³/mol. The Kier molecular flexibility index (Phi) is 5.73. The van der Waals surface area contributed by atoms with Gasteiger partial charge in [0.15, 0.2) is 9.84 Å². The van der Waals surface area contributed by atoms with Crippen LogP contribution >= 0.6 is 11.8 Å². The monoisotopic (exact) mass is 389 g/mol. The fourth-order valence-electron chi connectivity index (χ4n) is 3.28. The van der Waals surface area contributed by atoms with Gasteiger partial charge in [0.2, 0.25) is 5.91 Å². The van der Waals surface area contributed by atoms with Crippen LogP contribution in [0.15, 0.2) is 60.7 Å². The van der Waals surface area contributed by atoms with Crippen LogP contribution in [0.3, 0.4) is 0 Å². The Balaban J connectivity index is 1.68. The van der Waals surface area contributed by atoms with E-state index in [2.05, 4.69) is 29.6 Å². The van der Waals surface area contributed by atoms with Gasteiger partial charge in [-0.15, -0.1) is 11.8 Å². The third-order valence-corrected chi connectivity index (χ3v) is 7.74. The van der Waals surface area contributed by atoms with Crippen molar-refractivity contribution < 1.29 is 13.2 Å². The Bertz CT molecular complexity index is 814. The summed E-state index contributed by atoms with van der Waals surface area (Å²) in [6.07, 6.45) is 0.479. The average Bonchev–Trinajstić information content (AvgIpc) is 2.89. The van der Waals surface area contributed by atoms with Gasteiger partial charge in [-0.3, -0.25) is 4.79 Å². The summed E-state index contributed by atoms with van der Waals surface area (Å²) < 4.78 is 23.4. The number of carbonyl (C=O) groups is 1. The van der Waals surface area contributed by atoms with Gasteiger partial charge in [-0.2, -0.15) is 0 Å². The highest BCUT2D eigenvalue weighted by Gasteiger charge is 2.39. The smallest absolute Gasteiger partial charge is 0.230 e. The molecule has 1 amide bonds. The molecule has 0 unspecified atom stereocenters. The maximum atomic E-state index is 12.5. The molecule has 0 saturated carbocycles. The van der Waals surface area contributed by atoms with Gasteiger partial charge in [0.1, 0.15) is 0 Å². The Morgan fingerprint density at radius 1 is 1.08 bits per heavy atom. The lowest BCUT2D eigenvalue weighted by molar-refractivity contribution is -0.120. The van der Waals surface area contributed by atoms with Crippen LogP contribution in [0.5, 0.6) is 0 Å². The largest absolute Gasteiger partial charge is 0.349 e. The second kappa shape index (κ2) is 7.84. The molecule has 1 fully saturated rings. The fourth-order valence-corrected chi connectivity index (χ4v) is 6.46. The van der Waals surface area contributed by atoms with E-state index in [-0.39, 0.29) is 28.4 Å². The summed E-state index contributed by atoms with van der Waals surface area (Å²) in [5.41, 5.74) is 1.64. The summed E-state index contributed by atoms with van der Waals surface area (Å²) in [4.78, 5) is 12.5. The third-order valence-electron chi connectivity index (χ3n) is 4.53. The molecule has 4 nitrogen and oxygen atoms in total. The van der Waals surface area contributed by atoms with Crippen LogP contribution in [0.1, 0.15) is 29.7 Å². The first kappa shape index (κ1) is 19.0. The summed E-state index contributed by atoms with van der Waals surface area (Å²) in [5, 5.41) is 2.99. The van der Waals surface area contributed by atoms with E-state index in [1.54, 1.807) is 11.8 Å². The molecule has 1 atom stereocenters. The van der Waals surface area contributed by atoms with Gasteiger partial charge in [0.25, 0.3) is 0 Å². The van der Waals surface area contributed by atoms with Crippen LogP contribution in [0.4, 0.5) is 0 Å². The molecular formula is C20H23NO3S2. The molecule has 0 bridgehead atoms. The van der Waals surface area contributed by atoms with Gasteiger partial charge in [0.05, 0.1) is 28.0 Å². The molecule has 0 radical (unpaired) electrons. The van der Waals surface area contributed by atoms with E-state index in [0.717, 1.165) is 11.1 Å². The molecule has 1 saturated heterocycles. The minimum atomic E-state index is -3.04. The van der Waals surface area contributed by atoms with Crippen LogP contribution in [0.2, 0.25) is 0 Å². The zero-order chi connectivity index (χ0) is 18.6. The van der Waals surface area contributed by atoms with Crippen molar-refractivity contribution in [3.05, 3.63) is 71.8 Å². The number of sulfone groups is 1. The van der Waals surface area contributed by atoms with Gasteiger partial charge in [-0.05, 0) is 24.5 Å². The maximum absolute atomic E-state index is 12.5. The summed E-state index contributed by atoms with van der Waals surface area (Å²) in [6, 6.07) is 20.2. The van der Waals surface area contributed by atoms with E-state index in [0.29, 0.717) is 6.42 Å². The highest BCUT2D eigenvalue weighted by Crippen LogP contribution is 2.35. The zero-order valence-electron chi connectivity index (χ0n) is 14.7. The molecule has 26 heavy (non-hydrogen) atoms. The first-order chi connectivity index (χ1) is 12.4. The minimum Gasteiger partial charge on any atom is -0.349 e. The van der Waals surface area contributed by atoms with Crippen LogP contribution in [0, 0.1) is 0 Å². The molecule has 0 aromatic heterocycles. The van der Waals surface area contributed by atoms with Crippen molar-refractivity contribution in [2.45, 2.75) is 24.1 Å². The standard InChI is InChI=1S/C20H23NO3S2/c1-20(12-13-26(23,24)15-20)21-18(22)14-25-19(16-8-4-2-5-9-16)17-10-6-3-7-11-17/h2-11,19H,12-15H2,1H3,(H,21,22)/t20-/m0/s1. The van der Waals surface area contributed by atoms with Gasteiger partial charge in [-0.25, -0.2) is 8.42 Å². The topological polar surface area (TPSA) is 63.2 Å². The average molecular weight is 390 g/mol. The third kappa shape index (κ3) is 4.89. The van der Waals surface area contributed by atoms with Crippen LogP contribution < -0.4 is 5.32 Å². The lowest BCUT2D eigenvalue weighted by atomic mass is 10.0. The second-order valence-electron chi connectivity index (χ2n) is 6.96. The molecule has 138 valence electrons. The molecule has 1 aliphatic heterocycles. The highest BCUT2D eigenvalue weighted by molar-refractivity contribution is 8.00. The molecular weight excluding hydrogens is 366 g/mol. The second-order valence-corrected chi connectivity index (χ2v) is 10.2. The van der Waals surface area contributed by atoms with Gasteiger partial charge >= 0.3 is 0 Å². The fraction of sp³-hybridized carbons (Fsp3) is 0.350. The van der Waals surface area contributed by atoms with Crippen molar-refractivity contribution in [1.82, 2.24) is 5.32 Å². The van der Waals surface area contributed by atoms with Gasteiger partial charge in [-0.1, -0.05) is 60.7 Å². The van der Waals surface area contributed by atoms with E-state index in [9.17, 15) is 13.2 Å². The van der Waals surface area contributed by atoms with E-state index < -0.39 is 15.4 Å². The molecule has 3 rings (SSSR count). The first-order valence-electron chi connectivity index (χ1n) is 8.60. The Morgan fingerprint density at radius 2 is 1.62 bits per heavy atom. The molecule has 0 aliphatic carbocycles. The first-order valence-corrected chi connectivity index (χ1v) is 11.5. The number of hydrogen-bond donors (Lipinski definition) is 1. The molecule has 0 spiro atoms. The molecule has 1 N–H and O–H groups in total. The number of rotatable bonds is 6. The number of amides is 1. The molecule has 1 aliphatic rings. The molecule has 6 heteroatoms. The lowest BCUT2D eigenvalue weighted by Crippen LogP contribution is -2.47. The number of hydrogen-bond acceptors (Lipinski definition) is 4. The van der Waals surface area contributed by atoms with E-state index >= 15 is 0 Å². The van der Waals surface area contributed by atoms with Crippen molar-refractivity contribution in [2.24, 2.45) is 0 Å². The van der Waals surface area contributed by atoms with Crippen molar-refractivity contribution in [3.63, 3.8) is 0 Å². The Morgan fingerprint density at radius 3 is 2.08 bits per heavy atom. The maximum Gasteiger partial charge on any atom is 0.230 e. The zero-order valence-corrected chi connectivity index (χ0v) is 16.4. The summed E-state index contributed by atoms with van der Waals surface area (Å²) in [6.45, 7) is 1.81. The van der Waals surface area contributed by atoms with E-state index in [1.165, 1.54) is 0 Å². The van der Waals surface area contributed by atoms with Crippen molar-refractivity contribution in [1.29, 1.82) is 0 Å². The molecule has 1 heterocycles. The summed E-state index contributed by atoms with van der Waals surface area (Å²) in [5.74, 6) is 0.334. The van der Waals surface area contributed by atoms with Gasteiger partial charge < -0.3 is 5.32 Å². The van der Waals surface area contributed by atoms with E-state index in [4.69, 9.17) is 0 Å². The summed E-state index contributed by atoms with van der Waals surface area (Å²) >= 11 is 1.56. The predicted octanol–water partition coefficient (Wildman–Crippen LogP) is 3.20. The van der Waals surface area contributed by atoms with Crippen LogP contribution in [-0.4, -0.2) is 37.1 Å². The lowest BCUT2D eigenvalue weighted by Gasteiger charge is -2.24. The number of nitrogens with one attached hydrogen (secondary N) is 1. The highest BCUT2D eigenvalue weighted by atomic mass is 32.2. The quantitative estimate of drug-likeness (QED) is 0.824. The van der Waals surface area contributed by atoms with Crippen molar-refractivity contribution >= 4 is 27.5 Å². The SMILES string of the molecule is C[C@]1(NC(=O)CSC(c2ccccc2)c2ccccc2)CCS(=O)(=O)C1. The van der Waals surface area contributed by atoms with Gasteiger partial charge in [0, 0.05) is 0 Å². The molecule has 2 aromatic rings. The van der Waals surface area contributed by atoms with Crippen LogP contribution in [0.25, 0.3) is 0 Å². The summed E-state index contributed by atoms with van der Waals surface area (Å²) in [7, 11) is -3.04. The van der Waals surface area contributed by atoms with Crippen molar-refractivity contribution in [3.8, 4) is 0 Å². The van der Waals surface area contributed by atoms with Crippen molar-refractivity contribution in [2.75, 3.05) is 17.3 Å². The molecule has 2 aromatic carbocycles. The number of thioether (sulfide) groups is 1. The minimum absolute atomic E-state index is 0.0250. The number of carbonyl (C=O) groups excluding carboxylic acids is 1. The van der Waals surface area contributed by atoms with E-state index in [1.807, 2.05) is 43.3 Å².